The summed E-state index contributed by atoms with van der Waals surface area (Å²) in [4.78, 5) is 52.3. The van der Waals surface area contributed by atoms with Gasteiger partial charge in [-0.15, -0.1) is 0 Å². The number of phenols is 2. The molecule has 2 aromatic carbocycles. The summed E-state index contributed by atoms with van der Waals surface area (Å²) in [7, 11) is 2.04. The molecule has 0 aromatic heterocycles. The van der Waals surface area contributed by atoms with Crippen molar-refractivity contribution in [1.29, 1.82) is 0 Å². The number of ether oxygens (including phenoxy) is 4. The number of aliphatic hydroxyl groups is 4. The number of phenolic OH excluding ortho intramolecular Hbond substituents is 2. The fourth-order valence-electron chi connectivity index (χ4n) is 7.00. The van der Waals surface area contributed by atoms with Gasteiger partial charge in [-0.1, -0.05) is 13.8 Å². The summed E-state index contributed by atoms with van der Waals surface area (Å²) in [5, 5.41) is 67.7. The van der Waals surface area contributed by atoms with Gasteiger partial charge in [-0.3, -0.25) is 9.59 Å². The maximum atomic E-state index is 13.2. The molecule has 0 amide bonds. The zero-order valence-electron chi connectivity index (χ0n) is 25.0. The Morgan fingerprint density at radius 2 is 1.04 bits per heavy atom. The molecule has 2 heterocycles. The van der Waals surface area contributed by atoms with Crippen LogP contribution in [-0.4, -0.2) is 91.8 Å². The third-order valence-corrected chi connectivity index (χ3v) is 9.26. The summed E-state index contributed by atoms with van der Waals surface area (Å²) in [6, 6.07) is 4.92. The molecule has 14 nitrogen and oxygen atoms in total. The molecule has 0 radical (unpaired) electrons. The molecule has 242 valence electrons. The highest BCUT2D eigenvalue weighted by molar-refractivity contribution is 6.14. The lowest BCUT2D eigenvalue weighted by Gasteiger charge is -2.45. The van der Waals surface area contributed by atoms with Crippen LogP contribution in [-0.2, 0) is 28.7 Å². The van der Waals surface area contributed by atoms with Crippen molar-refractivity contribution in [1.82, 2.24) is 0 Å². The largest absolute Gasteiger partial charge is 0.506 e. The SMILES string of the molecule is COC(=O)[C@]12Oc3ccc(-c4ccc5c(c4O)C(O)=C4C(=O)C[C@@H](C)[C@@H](O)[C@@]4(C(=O)OC)O5)c(O)c3C(O)=C1C(=O)C[C@@H](C)[C@H]2O. The zero-order valence-corrected chi connectivity index (χ0v) is 25.0. The molecule has 6 N–H and O–H groups in total. The second-order valence-electron chi connectivity index (χ2n) is 11.9. The van der Waals surface area contributed by atoms with E-state index in [1.807, 2.05) is 0 Å². The minimum Gasteiger partial charge on any atom is -0.506 e. The van der Waals surface area contributed by atoms with Crippen molar-refractivity contribution < 1.29 is 68.8 Å². The first kappa shape index (κ1) is 30.9. The maximum absolute atomic E-state index is 13.2. The van der Waals surface area contributed by atoms with Crippen molar-refractivity contribution in [3.63, 3.8) is 0 Å². The van der Waals surface area contributed by atoms with Crippen LogP contribution in [0.2, 0.25) is 0 Å². The van der Waals surface area contributed by atoms with E-state index in [2.05, 4.69) is 0 Å². The quantitative estimate of drug-likeness (QED) is 0.264. The number of methoxy groups -OCH3 is 2. The maximum Gasteiger partial charge on any atom is 0.358 e. The second kappa shape index (κ2) is 10.2. The molecular formula is C32H30O14. The number of Topliss-reactive ketones (excluding diaryl/α,β-unsaturated/α-hetero) is 2. The molecule has 2 aliphatic carbocycles. The summed E-state index contributed by atoms with van der Waals surface area (Å²) in [5.74, 6) is -9.01. The van der Waals surface area contributed by atoms with E-state index in [1.165, 1.54) is 38.1 Å². The van der Waals surface area contributed by atoms with Crippen LogP contribution >= 0.6 is 0 Å². The van der Waals surface area contributed by atoms with Gasteiger partial charge in [-0.25, -0.2) is 9.59 Å². The molecule has 46 heavy (non-hydrogen) atoms. The standard InChI is InChI=1S/C32H30O14/c1-11-9-15(33)21-25(37)19-17(45-31(21,27(11)39)29(41)43-3)7-5-13(23(19)35)14-6-8-18-20(24(14)36)26(38)22-16(34)10-12(2)28(40)32(22,46-18)30(42)44-4/h5-8,11-12,27-28,35-40H,9-10H2,1-4H3/t11-,12-,27-,28-,31+,32+/m1/s1. The van der Waals surface area contributed by atoms with E-state index in [0.29, 0.717) is 0 Å². The summed E-state index contributed by atoms with van der Waals surface area (Å²) in [6.07, 6.45) is -3.72. The van der Waals surface area contributed by atoms with Crippen molar-refractivity contribution in [2.45, 2.75) is 50.1 Å². The Kier molecular flexibility index (Phi) is 6.87. The van der Waals surface area contributed by atoms with Crippen LogP contribution in [0, 0.1) is 11.8 Å². The number of benzene rings is 2. The average Bonchev–Trinajstić information content (AvgIpc) is 3.01. The fraction of sp³-hybridized carbons (Fsp3) is 0.375. The highest BCUT2D eigenvalue weighted by atomic mass is 16.6. The number of aliphatic hydroxyl groups excluding tert-OH is 4. The molecule has 6 atom stereocenters. The lowest BCUT2D eigenvalue weighted by atomic mass is 9.69. The predicted octanol–water partition coefficient (Wildman–Crippen LogP) is 1.85. The van der Waals surface area contributed by atoms with Crippen molar-refractivity contribution in [3.05, 3.63) is 46.5 Å². The molecule has 2 saturated carbocycles. The smallest absolute Gasteiger partial charge is 0.358 e. The van der Waals surface area contributed by atoms with Crippen LogP contribution < -0.4 is 9.47 Å². The van der Waals surface area contributed by atoms with Crippen molar-refractivity contribution in [3.8, 4) is 34.1 Å². The minimum atomic E-state index is -2.42. The number of fused-ring (bicyclic) bond motifs is 4. The van der Waals surface area contributed by atoms with Gasteiger partial charge in [0, 0.05) is 24.0 Å². The van der Waals surface area contributed by atoms with E-state index in [9.17, 15) is 49.8 Å². The molecule has 2 fully saturated rings. The average molecular weight is 639 g/mol. The zero-order chi connectivity index (χ0) is 33.6. The number of hydrogen-bond acceptors (Lipinski definition) is 14. The van der Waals surface area contributed by atoms with Crippen LogP contribution in [0.4, 0.5) is 0 Å². The van der Waals surface area contributed by atoms with Gasteiger partial charge in [0.25, 0.3) is 11.2 Å². The van der Waals surface area contributed by atoms with E-state index in [1.54, 1.807) is 0 Å². The summed E-state index contributed by atoms with van der Waals surface area (Å²) < 4.78 is 21.5. The molecule has 0 unspecified atom stereocenters. The van der Waals surface area contributed by atoms with Gasteiger partial charge in [-0.05, 0) is 36.1 Å². The van der Waals surface area contributed by atoms with E-state index in [-0.39, 0.29) is 35.5 Å². The highest BCUT2D eigenvalue weighted by Gasteiger charge is 2.64. The third kappa shape index (κ3) is 3.70. The normalized spacial score (nSPS) is 29.9. The minimum absolute atomic E-state index is 0.163. The first-order valence-corrected chi connectivity index (χ1v) is 14.3. The van der Waals surface area contributed by atoms with Crippen LogP contribution in [0.3, 0.4) is 0 Å². The van der Waals surface area contributed by atoms with Gasteiger partial charge in [0.15, 0.2) is 11.6 Å². The molecular weight excluding hydrogens is 608 g/mol. The van der Waals surface area contributed by atoms with Gasteiger partial charge in [0.1, 0.15) is 57.9 Å². The first-order chi connectivity index (χ1) is 21.7. The summed E-state index contributed by atoms with van der Waals surface area (Å²) >= 11 is 0. The molecule has 2 aliphatic heterocycles. The number of esters is 2. The predicted molar refractivity (Wildman–Crippen MR) is 155 cm³/mol. The van der Waals surface area contributed by atoms with Gasteiger partial charge in [0.05, 0.1) is 25.4 Å². The monoisotopic (exact) mass is 638 g/mol. The molecule has 0 saturated heterocycles. The molecule has 6 rings (SSSR count). The lowest BCUT2D eigenvalue weighted by Crippen LogP contribution is -2.64. The van der Waals surface area contributed by atoms with Crippen molar-refractivity contribution >= 4 is 35.0 Å². The molecule has 14 heteroatoms. The molecule has 0 spiro atoms. The summed E-state index contributed by atoms with van der Waals surface area (Å²) in [6.45, 7) is 3.04. The topological polar surface area (TPSA) is 227 Å². The number of aromatic hydroxyl groups is 2. The van der Waals surface area contributed by atoms with E-state index >= 15 is 0 Å². The van der Waals surface area contributed by atoms with Gasteiger partial charge >= 0.3 is 11.9 Å². The van der Waals surface area contributed by atoms with E-state index < -0.39 is 104 Å². The summed E-state index contributed by atoms with van der Waals surface area (Å²) in [5.41, 5.74) is -7.25. The number of rotatable bonds is 3. The molecule has 2 aromatic rings. The van der Waals surface area contributed by atoms with Gasteiger partial charge in [-0.2, -0.15) is 0 Å². The van der Waals surface area contributed by atoms with Crippen molar-refractivity contribution in [2.24, 2.45) is 11.8 Å². The third-order valence-electron chi connectivity index (χ3n) is 9.26. The Bertz CT molecular complexity index is 1690. The number of ketones is 2. The van der Waals surface area contributed by atoms with E-state index in [4.69, 9.17) is 18.9 Å². The molecule has 0 bridgehead atoms. The van der Waals surface area contributed by atoms with Crippen molar-refractivity contribution in [2.75, 3.05) is 14.2 Å². The number of carbonyl (C=O) groups is 4. The second-order valence-corrected chi connectivity index (χ2v) is 11.9. The van der Waals surface area contributed by atoms with E-state index in [0.717, 1.165) is 14.2 Å². The highest BCUT2D eigenvalue weighted by Crippen LogP contribution is 2.55. The lowest BCUT2D eigenvalue weighted by molar-refractivity contribution is -0.173. The van der Waals surface area contributed by atoms with Crippen LogP contribution in [0.25, 0.3) is 22.6 Å². The van der Waals surface area contributed by atoms with Crippen LogP contribution in [0.15, 0.2) is 35.4 Å². The van der Waals surface area contributed by atoms with Crippen LogP contribution in [0.1, 0.15) is 37.8 Å². The first-order valence-electron chi connectivity index (χ1n) is 14.3. The Morgan fingerprint density at radius 3 is 1.37 bits per heavy atom. The number of hydrogen-bond donors (Lipinski definition) is 6. The number of carbonyl (C=O) groups excluding carboxylic acids is 4. The Morgan fingerprint density at radius 1 is 0.696 bits per heavy atom. The van der Waals surface area contributed by atoms with Gasteiger partial charge in [0.2, 0.25) is 0 Å². The Balaban J connectivity index is 1.55. The fourth-order valence-corrected chi connectivity index (χ4v) is 7.00. The Hall–Kier alpha value is -5.08. The molecule has 4 aliphatic rings. The van der Waals surface area contributed by atoms with Crippen LogP contribution in [0.5, 0.6) is 23.0 Å². The Labute approximate surface area is 260 Å². The van der Waals surface area contributed by atoms with Gasteiger partial charge < -0.3 is 49.6 Å².